The zero-order valence-corrected chi connectivity index (χ0v) is 17.3. The number of carbonyl (C=O) groups excluding carboxylic acids is 1. The van der Waals surface area contributed by atoms with Gasteiger partial charge in [-0.2, -0.15) is 0 Å². The van der Waals surface area contributed by atoms with Crippen LogP contribution in [0.5, 0.6) is 0 Å². The third kappa shape index (κ3) is 5.90. The first-order valence-electron chi connectivity index (χ1n) is 9.21. The standard InChI is InChI=1S/C19H25FN4OS2/c1-13-3-9-16(10-4-13)24(2)17(25)12-26-19-23-22-18(27-19)21-11-14-5-7-15(20)8-6-14/h5-8,13,16H,3-4,9-12H2,1-2H3,(H,21,22). The molecule has 5 nitrogen and oxygen atoms in total. The first-order chi connectivity index (χ1) is 13.0. The highest BCUT2D eigenvalue weighted by molar-refractivity contribution is 8.01. The molecule has 0 unspecified atom stereocenters. The zero-order chi connectivity index (χ0) is 19.2. The van der Waals surface area contributed by atoms with E-state index in [0.717, 1.165) is 28.7 Å². The zero-order valence-electron chi connectivity index (χ0n) is 15.7. The van der Waals surface area contributed by atoms with E-state index in [9.17, 15) is 9.18 Å². The van der Waals surface area contributed by atoms with E-state index in [-0.39, 0.29) is 11.7 Å². The lowest BCUT2D eigenvalue weighted by atomic mass is 9.87. The molecule has 2 aromatic rings. The second kappa shape index (κ2) is 9.50. The van der Waals surface area contributed by atoms with E-state index in [1.807, 2.05) is 11.9 Å². The molecule has 1 fully saturated rings. The Balaban J connectivity index is 1.43. The van der Waals surface area contributed by atoms with Gasteiger partial charge in [-0.15, -0.1) is 10.2 Å². The van der Waals surface area contributed by atoms with Crippen molar-refractivity contribution in [3.63, 3.8) is 0 Å². The quantitative estimate of drug-likeness (QED) is 0.688. The van der Waals surface area contributed by atoms with Crippen LogP contribution in [0.1, 0.15) is 38.2 Å². The fourth-order valence-corrected chi connectivity index (χ4v) is 4.85. The number of hydrogen-bond donors (Lipinski definition) is 1. The van der Waals surface area contributed by atoms with Crippen molar-refractivity contribution >= 4 is 34.1 Å². The van der Waals surface area contributed by atoms with E-state index in [1.54, 1.807) is 12.1 Å². The number of nitrogens with one attached hydrogen (secondary N) is 1. The van der Waals surface area contributed by atoms with E-state index in [1.165, 1.54) is 48.1 Å². The molecule has 1 aliphatic carbocycles. The van der Waals surface area contributed by atoms with Gasteiger partial charge >= 0.3 is 0 Å². The molecule has 1 N–H and O–H groups in total. The second-order valence-electron chi connectivity index (χ2n) is 7.06. The van der Waals surface area contributed by atoms with Crippen molar-refractivity contribution in [1.82, 2.24) is 15.1 Å². The summed E-state index contributed by atoms with van der Waals surface area (Å²) in [5.41, 5.74) is 0.972. The predicted molar refractivity (Wildman–Crippen MR) is 109 cm³/mol. The molecule has 8 heteroatoms. The summed E-state index contributed by atoms with van der Waals surface area (Å²) < 4.78 is 13.7. The maximum absolute atomic E-state index is 12.9. The van der Waals surface area contributed by atoms with Crippen LogP contribution in [-0.4, -0.2) is 39.8 Å². The van der Waals surface area contributed by atoms with Crippen molar-refractivity contribution in [1.29, 1.82) is 0 Å². The lowest BCUT2D eigenvalue weighted by Crippen LogP contribution is -2.40. The van der Waals surface area contributed by atoms with Crippen molar-refractivity contribution in [2.45, 2.75) is 49.5 Å². The Hall–Kier alpha value is -1.67. The van der Waals surface area contributed by atoms with Crippen LogP contribution < -0.4 is 5.32 Å². The predicted octanol–water partition coefficient (Wildman–Crippen LogP) is 4.42. The average Bonchev–Trinajstić information content (AvgIpc) is 3.13. The fourth-order valence-electron chi connectivity index (χ4n) is 3.18. The highest BCUT2D eigenvalue weighted by Gasteiger charge is 2.24. The number of hydrogen-bond acceptors (Lipinski definition) is 6. The summed E-state index contributed by atoms with van der Waals surface area (Å²) in [6.07, 6.45) is 4.61. The molecule has 27 heavy (non-hydrogen) atoms. The van der Waals surface area contributed by atoms with Gasteiger partial charge in [-0.3, -0.25) is 4.79 Å². The van der Waals surface area contributed by atoms with Crippen molar-refractivity contribution in [3.8, 4) is 0 Å². The Kier molecular flexibility index (Phi) is 7.07. The van der Waals surface area contributed by atoms with Gasteiger partial charge < -0.3 is 10.2 Å². The molecule has 1 heterocycles. The molecule has 1 aromatic carbocycles. The Morgan fingerprint density at radius 2 is 1.96 bits per heavy atom. The number of carbonyl (C=O) groups is 1. The van der Waals surface area contributed by atoms with Crippen molar-refractivity contribution < 1.29 is 9.18 Å². The van der Waals surface area contributed by atoms with E-state index in [4.69, 9.17) is 0 Å². The third-order valence-electron chi connectivity index (χ3n) is 5.01. The molecule has 3 rings (SSSR count). The summed E-state index contributed by atoms with van der Waals surface area (Å²) in [6.45, 7) is 2.84. The smallest absolute Gasteiger partial charge is 0.233 e. The Labute approximate surface area is 167 Å². The summed E-state index contributed by atoms with van der Waals surface area (Å²) in [5.74, 6) is 1.07. The van der Waals surface area contributed by atoms with E-state index in [2.05, 4.69) is 22.4 Å². The third-order valence-corrected chi connectivity index (χ3v) is 7.01. The lowest BCUT2D eigenvalue weighted by Gasteiger charge is -2.33. The van der Waals surface area contributed by atoms with Crippen LogP contribution in [-0.2, 0) is 11.3 Å². The maximum atomic E-state index is 12.9. The topological polar surface area (TPSA) is 58.1 Å². The molecule has 0 atom stereocenters. The summed E-state index contributed by atoms with van der Waals surface area (Å²) in [7, 11) is 1.92. The molecule has 1 aliphatic rings. The van der Waals surface area contributed by atoms with Crippen LogP contribution in [0.15, 0.2) is 28.6 Å². The second-order valence-corrected chi connectivity index (χ2v) is 9.26. The molecule has 0 spiro atoms. The van der Waals surface area contributed by atoms with Crippen LogP contribution in [0.3, 0.4) is 0 Å². The van der Waals surface area contributed by atoms with Crippen LogP contribution in [0.25, 0.3) is 0 Å². The molecule has 0 bridgehead atoms. The van der Waals surface area contributed by atoms with Gasteiger partial charge in [0.25, 0.3) is 0 Å². The van der Waals surface area contributed by atoms with Gasteiger partial charge in [0.1, 0.15) is 5.82 Å². The number of benzene rings is 1. The Morgan fingerprint density at radius 1 is 1.26 bits per heavy atom. The highest BCUT2D eigenvalue weighted by atomic mass is 32.2. The van der Waals surface area contributed by atoms with E-state index < -0.39 is 0 Å². The largest absolute Gasteiger partial charge is 0.356 e. The van der Waals surface area contributed by atoms with E-state index >= 15 is 0 Å². The van der Waals surface area contributed by atoms with Crippen LogP contribution in [0, 0.1) is 11.7 Å². The summed E-state index contributed by atoms with van der Waals surface area (Å²) in [6, 6.07) is 6.72. The van der Waals surface area contributed by atoms with Gasteiger partial charge in [-0.25, -0.2) is 4.39 Å². The van der Waals surface area contributed by atoms with Gasteiger partial charge in [0.05, 0.1) is 5.75 Å². The van der Waals surface area contributed by atoms with Crippen molar-refractivity contribution in [2.75, 3.05) is 18.1 Å². The molecule has 146 valence electrons. The molecule has 0 radical (unpaired) electrons. The van der Waals surface area contributed by atoms with Crippen molar-refractivity contribution in [2.24, 2.45) is 5.92 Å². The molecular weight excluding hydrogens is 383 g/mol. The molecule has 1 saturated carbocycles. The van der Waals surface area contributed by atoms with Crippen molar-refractivity contribution in [3.05, 3.63) is 35.6 Å². The number of thioether (sulfide) groups is 1. The Morgan fingerprint density at radius 3 is 2.67 bits per heavy atom. The lowest BCUT2D eigenvalue weighted by molar-refractivity contribution is -0.129. The SMILES string of the molecule is CC1CCC(N(C)C(=O)CSc2nnc(NCc3ccc(F)cc3)s2)CC1. The highest BCUT2D eigenvalue weighted by Crippen LogP contribution is 2.29. The molecule has 1 amide bonds. The van der Waals surface area contributed by atoms with Gasteiger partial charge in [-0.05, 0) is 49.3 Å². The number of halogens is 1. The minimum atomic E-state index is -0.245. The maximum Gasteiger partial charge on any atom is 0.233 e. The minimum absolute atomic E-state index is 0.149. The van der Waals surface area contributed by atoms with Crippen LogP contribution in [0.4, 0.5) is 9.52 Å². The number of anilines is 1. The minimum Gasteiger partial charge on any atom is -0.356 e. The summed E-state index contributed by atoms with van der Waals surface area (Å²) >= 11 is 2.86. The first kappa shape index (κ1) is 20.1. The van der Waals surface area contributed by atoms with Crippen LogP contribution >= 0.6 is 23.1 Å². The monoisotopic (exact) mass is 408 g/mol. The fraction of sp³-hybridized carbons (Fsp3) is 0.526. The number of amides is 1. The van der Waals surface area contributed by atoms with Gasteiger partial charge in [0, 0.05) is 19.6 Å². The molecule has 1 aromatic heterocycles. The van der Waals surface area contributed by atoms with E-state index in [0.29, 0.717) is 23.5 Å². The number of nitrogens with zero attached hydrogens (tertiary/aromatic N) is 3. The Bertz CT molecular complexity index is 744. The number of rotatable bonds is 7. The van der Waals surface area contributed by atoms with Crippen LogP contribution in [0.2, 0.25) is 0 Å². The number of aromatic nitrogens is 2. The van der Waals surface area contributed by atoms with Gasteiger partial charge in [0.2, 0.25) is 11.0 Å². The summed E-state index contributed by atoms with van der Waals surface area (Å²) in [5, 5.41) is 12.1. The average molecular weight is 409 g/mol. The molecular formula is C19H25FN4OS2. The first-order valence-corrected chi connectivity index (χ1v) is 11.0. The normalized spacial score (nSPS) is 19.7. The van der Waals surface area contributed by atoms with Gasteiger partial charge in [-0.1, -0.05) is 42.2 Å². The summed E-state index contributed by atoms with van der Waals surface area (Å²) in [4.78, 5) is 14.4. The molecule has 0 aliphatic heterocycles. The molecule has 0 saturated heterocycles. The van der Waals surface area contributed by atoms with Gasteiger partial charge in [0.15, 0.2) is 4.34 Å².